The third kappa shape index (κ3) is 3.51. The molecule has 0 unspecified atom stereocenters. The fourth-order valence-corrected chi connectivity index (χ4v) is 2.91. The minimum atomic E-state index is -0.400. The largest absolute Gasteiger partial charge is 0.497 e. The Bertz CT molecular complexity index is 778. The van der Waals surface area contributed by atoms with Gasteiger partial charge in [-0.2, -0.15) is 0 Å². The van der Waals surface area contributed by atoms with Crippen LogP contribution in [0.3, 0.4) is 0 Å². The van der Waals surface area contributed by atoms with Gasteiger partial charge in [-0.15, -0.1) is 0 Å². The average Bonchev–Trinajstić information content (AvgIpc) is 2.97. The monoisotopic (exact) mass is 344 g/mol. The zero-order valence-corrected chi connectivity index (χ0v) is 13.9. The summed E-state index contributed by atoms with van der Waals surface area (Å²) in [6, 6.07) is 14.2. The molecule has 2 aromatic rings. The van der Waals surface area contributed by atoms with Crippen LogP contribution in [0.2, 0.25) is 5.02 Å². The van der Waals surface area contributed by atoms with Crippen LogP contribution < -0.4 is 15.0 Å². The second-order valence-electron chi connectivity index (χ2n) is 5.61. The van der Waals surface area contributed by atoms with E-state index >= 15 is 0 Å². The van der Waals surface area contributed by atoms with Crippen LogP contribution >= 0.6 is 11.6 Å². The average molecular weight is 345 g/mol. The van der Waals surface area contributed by atoms with Gasteiger partial charge in [-0.1, -0.05) is 23.7 Å². The van der Waals surface area contributed by atoms with Crippen molar-refractivity contribution in [2.45, 2.75) is 6.42 Å². The van der Waals surface area contributed by atoms with Gasteiger partial charge in [0, 0.05) is 35.4 Å². The van der Waals surface area contributed by atoms with Crippen LogP contribution in [0.4, 0.5) is 11.4 Å². The molecule has 0 aliphatic carbocycles. The predicted octanol–water partition coefficient (Wildman–Crippen LogP) is 3.34. The lowest BCUT2D eigenvalue weighted by Crippen LogP contribution is -2.28. The fourth-order valence-electron chi connectivity index (χ4n) is 2.72. The fraction of sp³-hybridized carbons (Fsp3) is 0.222. The molecule has 2 amide bonds. The van der Waals surface area contributed by atoms with Gasteiger partial charge < -0.3 is 15.0 Å². The number of rotatable bonds is 4. The molecule has 1 fully saturated rings. The van der Waals surface area contributed by atoms with Crippen molar-refractivity contribution in [3.05, 3.63) is 53.6 Å². The van der Waals surface area contributed by atoms with E-state index in [1.807, 2.05) is 18.2 Å². The Kier molecular flexibility index (Phi) is 4.71. The molecule has 1 atom stereocenters. The van der Waals surface area contributed by atoms with E-state index in [1.165, 1.54) is 0 Å². The number of anilines is 2. The van der Waals surface area contributed by atoms with Crippen molar-refractivity contribution in [3.8, 4) is 5.75 Å². The Labute approximate surface area is 145 Å². The van der Waals surface area contributed by atoms with Gasteiger partial charge in [0.05, 0.1) is 13.0 Å². The van der Waals surface area contributed by atoms with Gasteiger partial charge in [-0.25, -0.2) is 0 Å². The highest BCUT2D eigenvalue weighted by atomic mass is 35.5. The van der Waals surface area contributed by atoms with E-state index in [2.05, 4.69) is 5.32 Å². The Morgan fingerprint density at radius 3 is 2.79 bits per heavy atom. The van der Waals surface area contributed by atoms with Gasteiger partial charge in [0.2, 0.25) is 11.8 Å². The number of methoxy groups -OCH3 is 1. The Balaban J connectivity index is 1.70. The van der Waals surface area contributed by atoms with Gasteiger partial charge in [-0.3, -0.25) is 9.59 Å². The summed E-state index contributed by atoms with van der Waals surface area (Å²) in [5.74, 6) is 0.0142. The predicted molar refractivity (Wildman–Crippen MR) is 93.5 cm³/mol. The van der Waals surface area contributed by atoms with Crippen LogP contribution in [0.15, 0.2) is 48.5 Å². The van der Waals surface area contributed by atoms with Crippen molar-refractivity contribution >= 4 is 34.8 Å². The number of nitrogens with zero attached hydrogens (tertiary/aromatic N) is 1. The smallest absolute Gasteiger partial charge is 0.229 e. The Hall–Kier alpha value is -2.53. The van der Waals surface area contributed by atoms with E-state index in [0.29, 0.717) is 23.0 Å². The van der Waals surface area contributed by atoms with E-state index in [4.69, 9.17) is 16.3 Å². The van der Waals surface area contributed by atoms with E-state index < -0.39 is 5.92 Å². The van der Waals surface area contributed by atoms with E-state index in [9.17, 15) is 9.59 Å². The molecule has 1 heterocycles. The van der Waals surface area contributed by atoms with Gasteiger partial charge in [0.25, 0.3) is 0 Å². The maximum atomic E-state index is 12.4. The summed E-state index contributed by atoms with van der Waals surface area (Å²) in [7, 11) is 1.58. The molecule has 6 heteroatoms. The van der Waals surface area contributed by atoms with E-state index in [-0.39, 0.29) is 18.2 Å². The molecule has 1 N–H and O–H groups in total. The molecule has 124 valence electrons. The van der Waals surface area contributed by atoms with Crippen LogP contribution in [0.5, 0.6) is 5.75 Å². The first-order valence-electron chi connectivity index (χ1n) is 7.57. The minimum Gasteiger partial charge on any atom is -0.497 e. The number of ether oxygens (including phenoxy) is 1. The molecule has 1 aliphatic heterocycles. The standard InChI is InChI=1S/C18H17ClN2O3/c1-24-16-7-3-6-15(10-16)21-11-12(8-17(21)22)18(23)20-14-5-2-4-13(19)9-14/h2-7,9-10,12H,8,11H2,1H3,(H,20,23)/t12-/m1/s1. The van der Waals surface area contributed by atoms with Crippen LogP contribution in [-0.2, 0) is 9.59 Å². The van der Waals surface area contributed by atoms with Crippen molar-refractivity contribution in [2.24, 2.45) is 5.92 Å². The number of carbonyl (C=O) groups is 2. The second kappa shape index (κ2) is 6.93. The summed E-state index contributed by atoms with van der Waals surface area (Å²) < 4.78 is 5.18. The molecule has 0 spiro atoms. The topological polar surface area (TPSA) is 58.6 Å². The molecule has 24 heavy (non-hydrogen) atoms. The van der Waals surface area contributed by atoms with Gasteiger partial charge >= 0.3 is 0 Å². The molecule has 1 saturated heterocycles. The normalized spacial score (nSPS) is 17.0. The molecule has 1 aliphatic rings. The SMILES string of the molecule is COc1cccc(N2C[C@H](C(=O)Nc3cccc(Cl)c3)CC2=O)c1. The number of benzene rings is 2. The van der Waals surface area contributed by atoms with Gasteiger partial charge in [0.15, 0.2) is 0 Å². The van der Waals surface area contributed by atoms with Gasteiger partial charge in [-0.05, 0) is 30.3 Å². The lowest BCUT2D eigenvalue weighted by molar-refractivity contribution is -0.122. The number of hydrogen-bond acceptors (Lipinski definition) is 3. The number of halogens is 1. The maximum Gasteiger partial charge on any atom is 0.229 e. The Morgan fingerprint density at radius 1 is 1.25 bits per heavy atom. The van der Waals surface area contributed by atoms with E-state index in [1.54, 1.807) is 42.3 Å². The highest BCUT2D eigenvalue weighted by Crippen LogP contribution is 2.28. The van der Waals surface area contributed by atoms with E-state index in [0.717, 1.165) is 5.69 Å². The molecule has 0 aromatic heterocycles. The zero-order chi connectivity index (χ0) is 17.1. The molecule has 3 rings (SSSR count). The number of carbonyl (C=O) groups excluding carboxylic acids is 2. The maximum absolute atomic E-state index is 12.4. The number of hydrogen-bond donors (Lipinski definition) is 1. The third-order valence-electron chi connectivity index (χ3n) is 3.95. The first-order chi connectivity index (χ1) is 11.6. The first kappa shape index (κ1) is 16.3. The van der Waals surface area contributed by atoms with Crippen LogP contribution in [0.25, 0.3) is 0 Å². The van der Waals surface area contributed by atoms with Crippen LogP contribution in [0, 0.1) is 5.92 Å². The summed E-state index contributed by atoms with van der Waals surface area (Å²) in [4.78, 5) is 26.3. The van der Waals surface area contributed by atoms with Crippen molar-refractivity contribution in [1.82, 2.24) is 0 Å². The highest BCUT2D eigenvalue weighted by Gasteiger charge is 2.35. The molecular formula is C18H17ClN2O3. The minimum absolute atomic E-state index is 0.0745. The summed E-state index contributed by atoms with van der Waals surface area (Å²) in [5, 5.41) is 3.36. The van der Waals surface area contributed by atoms with Crippen molar-refractivity contribution < 1.29 is 14.3 Å². The van der Waals surface area contributed by atoms with Crippen molar-refractivity contribution in [3.63, 3.8) is 0 Å². The number of nitrogens with one attached hydrogen (secondary N) is 1. The van der Waals surface area contributed by atoms with Crippen molar-refractivity contribution in [1.29, 1.82) is 0 Å². The molecule has 0 saturated carbocycles. The molecule has 5 nitrogen and oxygen atoms in total. The number of amides is 2. The van der Waals surface area contributed by atoms with Crippen LogP contribution in [0.1, 0.15) is 6.42 Å². The summed E-state index contributed by atoms with van der Waals surface area (Å²) in [6.07, 6.45) is 0.184. The second-order valence-corrected chi connectivity index (χ2v) is 6.04. The highest BCUT2D eigenvalue weighted by molar-refractivity contribution is 6.30. The van der Waals surface area contributed by atoms with Crippen molar-refractivity contribution in [2.75, 3.05) is 23.9 Å². The molecule has 0 radical (unpaired) electrons. The lowest BCUT2D eigenvalue weighted by Gasteiger charge is -2.17. The van der Waals surface area contributed by atoms with Gasteiger partial charge in [0.1, 0.15) is 5.75 Å². The molecular weight excluding hydrogens is 328 g/mol. The third-order valence-corrected chi connectivity index (χ3v) is 4.19. The summed E-state index contributed by atoms with van der Waals surface area (Å²) in [6.45, 7) is 0.346. The first-order valence-corrected chi connectivity index (χ1v) is 7.95. The lowest BCUT2D eigenvalue weighted by atomic mass is 10.1. The zero-order valence-electron chi connectivity index (χ0n) is 13.2. The summed E-state index contributed by atoms with van der Waals surface area (Å²) >= 11 is 5.92. The molecule has 2 aromatic carbocycles. The quantitative estimate of drug-likeness (QED) is 0.925. The Morgan fingerprint density at radius 2 is 2.04 bits per heavy atom. The molecule has 0 bridgehead atoms. The van der Waals surface area contributed by atoms with Crippen LogP contribution in [-0.4, -0.2) is 25.5 Å². The summed E-state index contributed by atoms with van der Waals surface area (Å²) in [5.41, 5.74) is 1.36.